The van der Waals surface area contributed by atoms with Crippen LogP contribution in [0.4, 0.5) is 0 Å². The average molecular weight is 313 g/mol. The van der Waals surface area contributed by atoms with Crippen LogP contribution >= 0.6 is 35.0 Å². The van der Waals surface area contributed by atoms with Crippen LogP contribution in [0.25, 0.3) is 0 Å². The maximum atomic E-state index is 6.29. The van der Waals surface area contributed by atoms with Gasteiger partial charge in [-0.15, -0.1) is 0 Å². The number of hydrogen-bond acceptors (Lipinski definition) is 3. The summed E-state index contributed by atoms with van der Waals surface area (Å²) in [6.07, 6.45) is 1.72. The summed E-state index contributed by atoms with van der Waals surface area (Å²) < 4.78 is 0. The number of pyridine rings is 1. The highest BCUT2D eigenvalue weighted by Crippen LogP contribution is 2.35. The second kappa shape index (κ2) is 7.15. The van der Waals surface area contributed by atoms with Crippen molar-refractivity contribution < 1.29 is 0 Å². The molecule has 1 N–H and O–H groups in total. The first-order chi connectivity index (χ1) is 9.20. The molecule has 19 heavy (non-hydrogen) atoms. The van der Waals surface area contributed by atoms with Crippen LogP contribution < -0.4 is 5.32 Å². The number of nitrogens with one attached hydrogen (secondary N) is 1. The van der Waals surface area contributed by atoms with E-state index in [1.165, 1.54) is 17.3 Å². The molecule has 0 aliphatic carbocycles. The van der Waals surface area contributed by atoms with Crippen molar-refractivity contribution >= 4 is 35.0 Å². The zero-order valence-electron chi connectivity index (χ0n) is 10.5. The molecule has 100 valence electrons. The Bertz CT molecular complexity index is 561. The first-order valence-electron chi connectivity index (χ1n) is 5.98. The third-order valence-corrected chi connectivity index (χ3v) is 4.44. The van der Waals surface area contributed by atoms with Gasteiger partial charge in [0, 0.05) is 17.6 Å². The van der Waals surface area contributed by atoms with Crippen molar-refractivity contribution in [1.29, 1.82) is 0 Å². The molecular formula is C14H14Cl2N2S. The highest BCUT2D eigenvalue weighted by molar-refractivity contribution is 7.99. The topological polar surface area (TPSA) is 24.9 Å². The van der Waals surface area contributed by atoms with Crippen LogP contribution in [0.1, 0.15) is 12.5 Å². The minimum atomic E-state index is 0.639. The lowest BCUT2D eigenvalue weighted by atomic mass is 10.2. The average Bonchev–Trinajstić information content (AvgIpc) is 2.41. The van der Waals surface area contributed by atoms with Crippen LogP contribution in [-0.4, -0.2) is 11.5 Å². The van der Waals surface area contributed by atoms with E-state index in [4.69, 9.17) is 23.2 Å². The Hall–Kier alpha value is -0.740. The van der Waals surface area contributed by atoms with E-state index in [9.17, 15) is 0 Å². The van der Waals surface area contributed by atoms with Crippen molar-refractivity contribution in [3.05, 3.63) is 52.1 Å². The van der Waals surface area contributed by atoms with E-state index in [2.05, 4.69) is 23.3 Å². The molecule has 0 saturated heterocycles. The molecule has 0 fully saturated rings. The van der Waals surface area contributed by atoms with Gasteiger partial charge in [0.15, 0.2) is 0 Å². The fourth-order valence-electron chi connectivity index (χ4n) is 1.56. The van der Waals surface area contributed by atoms with E-state index in [-0.39, 0.29) is 0 Å². The first kappa shape index (κ1) is 14.7. The van der Waals surface area contributed by atoms with Gasteiger partial charge in [-0.2, -0.15) is 0 Å². The van der Waals surface area contributed by atoms with Crippen molar-refractivity contribution in [3.63, 3.8) is 0 Å². The lowest BCUT2D eigenvalue weighted by Crippen LogP contribution is -2.11. The second-order valence-electron chi connectivity index (χ2n) is 3.94. The standard InChI is InChI=1S/C14H14Cl2N2S/c1-2-17-9-10-5-6-13(12(16)8-10)19-14-11(15)4-3-7-18-14/h3-8,17H,2,9H2,1H3. The summed E-state index contributed by atoms with van der Waals surface area (Å²) in [6.45, 7) is 3.85. The van der Waals surface area contributed by atoms with Gasteiger partial charge in [0.25, 0.3) is 0 Å². The van der Waals surface area contributed by atoms with Crippen LogP contribution in [-0.2, 0) is 6.54 Å². The highest BCUT2D eigenvalue weighted by Gasteiger charge is 2.07. The summed E-state index contributed by atoms with van der Waals surface area (Å²) >= 11 is 13.9. The molecule has 0 aliphatic rings. The lowest BCUT2D eigenvalue weighted by molar-refractivity contribution is 0.726. The first-order valence-corrected chi connectivity index (χ1v) is 7.55. The van der Waals surface area contributed by atoms with Crippen LogP contribution in [0.15, 0.2) is 46.5 Å². The van der Waals surface area contributed by atoms with E-state index in [1.807, 2.05) is 24.3 Å². The fourth-order valence-corrected chi connectivity index (χ4v) is 2.89. The molecule has 0 saturated carbocycles. The zero-order valence-corrected chi connectivity index (χ0v) is 12.8. The molecule has 5 heteroatoms. The molecule has 1 aromatic carbocycles. The van der Waals surface area contributed by atoms with E-state index in [0.717, 1.165) is 28.0 Å². The molecule has 0 bridgehead atoms. The van der Waals surface area contributed by atoms with Gasteiger partial charge >= 0.3 is 0 Å². The SMILES string of the molecule is CCNCc1ccc(Sc2ncccc2Cl)c(Cl)c1. The Morgan fingerprint density at radius 3 is 2.74 bits per heavy atom. The molecule has 0 aliphatic heterocycles. The summed E-state index contributed by atoms with van der Waals surface area (Å²) in [4.78, 5) is 5.21. The third kappa shape index (κ3) is 4.11. The molecule has 0 unspecified atom stereocenters. The van der Waals surface area contributed by atoms with Gasteiger partial charge in [-0.1, -0.05) is 48.0 Å². The summed E-state index contributed by atoms with van der Waals surface area (Å²) in [5.74, 6) is 0. The van der Waals surface area contributed by atoms with Crippen molar-refractivity contribution in [1.82, 2.24) is 10.3 Å². The van der Waals surface area contributed by atoms with Gasteiger partial charge in [-0.3, -0.25) is 0 Å². The summed E-state index contributed by atoms with van der Waals surface area (Å²) in [5.41, 5.74) is 1.17. The molecule has 2 aromatic rings. The van der Waals surface area contributed by atoms with E-state index >= 15 is 0 Å². The van der Waals surface area contributed by atoms with Crippen LogP contribution in [0.5, 0.6) is 0 Å². The maximum Gasteiger partial charge on any atom is 0.119 e. The molecule has 1 aromatic heterocycles. The Kier molecular flexibility index (Phi) is 5.52. The van der Waals surface area contributed by atoms with Crippen LogP contribution in [0, 0.1) is 0 Å². The van der Waals surface area contributed by atoms with Gasteiger partial charge in [-0.05, 0) is 36.4 Å². The van der Waals surface area contributed by atoms with Crippen molar-refractivity contribution in [2.24, 2.45) is 0 Å². The Balaban J connectivity index is 2.15. The van der Waals surface area contributed by atoms with Gasteiger partial charge < -0.3 is 5.32 Å². The largest absolute Gasteiger partial charge is 0.313 e. The second-order valence-corrected chi connectivity index (χ2v) is 5.78. The smallest absolute Gasteiger partial charge is 0.119 e. The summed E-state index contributed by atoms with van der Waals surface area (Å²) in [6, 6.07) is 9.68. The van der Waals surface area contributed by atoms with Gasteiger partial charge in [0.2, 0.25) is 0 Å². The molecular weight excluding hydrogens is 299 g/mol. The monoisotopic (exact) mass is 312 g/mol. The fraction of sp³-hybridized carbons (Fsp3) is 0.214. The molecule has 2 nitrogen and oxygen atoms in total. The van der Waals surface area contributed by atoms with Gasteiger partial charge in [-0.25, -0.2) is 4.98 Å². The highest BCUT2D eigenvalue weighted by atomic mass is 35.5. The van der Waals surface area contributed by atoms with E-state index < -0.39 is 0 Å². The Labute approximate surface area is 127 Å². The minimum absolute atomic E-state index is 0.639. The predicted molar refractivity (Wildman–Crippen MR) is 82.2 cm³/mol. The van der Waals surface area contributed by atoms with Crippen LogP contribution in [0.2, 0.25) is 10.0 Å². The van der Waals surface area contributed by atoms with Gasteiger partial charge in [0.05, 0.1) is 10.0 Å². The molecule has 0 amide bonds. The molecule has 0 atom stereocenters. The minimum Gasteiger partial charge on any atom is -0.313 e. The number of rotatable bonds is 5. The molecule has 0 spiro atoms. The third-order valence-electron chi connectivity index (χ3n) is 2.51. The number of benzene rings is 1. The van der Waals surface area contributed by atoms with Crippen molar-refractivity contribution in [2.45, 2.75) is 23.4 Å². The summed E-state index contributed by atoms with van der Waals surface area (Å²) in [5, 5.41) is 5.40. The normalized spacial score (nSPS) is 10.7. The number of halogens is 2. The summed E-state index contributed by atoms with van der Waals surface area (Å²) in [7, 11) is 0. The molecule has 2 rings (SSSR count). The van der Waals surface area contributed by atoms with Crippen LogP contribution in [0.3, 0.4) is 0 Å². The Morgan fingerprint density at radius 1 is 1.21 bits per heavy atom. The lowest BCUT2D eigenvalue weighted by Gasteiger charge is -2.07. The van der Waals surface area contributed by atoms with Crippen molar-refractivity contribution in [2.75, 3.05) is 6.54 Å². The van der Waals surface area contributed by atoms with Crippen molar-refractivity contribution in [3.8, 4) is 0 Å². The predicted octanol–water partition coefficient (Wildman–Crippen LogP) is 4.65. The maximum absolute atomic E-state index is 6.29. The van der Waals surface area contributed by atoms with Gasteiger partial charge in [0.1, 0.15) is 5.03 Å². The quantitative estimate of drug-likeness (QED) is 0.870. The van der Waals surface area contributed by atoms with E-state index in [1.54, 1.807) is 6.20 Å². The van der Waals surface area contributed by atoms with E-state index in [0.29, 0.717) is 5.02 Å². The number of nitrogens with zero attached hydrogens (tertiary/aromatic N) is 1. The molecule has 0 radical (unpaired) electrons. The number of hydrogen-bond donors (Lipinski definition) is 1. The number of aromatic nitrogens is 1. The zero-order chi connectivity index (χ0) is 13.7. The molecule has 1 heterocycles. The Morgan fingerprint density at radius 2 is 2.05 bits per heavy atom.